The van der Waals surface area contributed by atoms with Crippen molar-refractivity contribution in [2.75, 3.05) is 19.7 Å². The Morgan fingerprint density at radius 1 is 1.31 bits per heavy atom. The molecule has 0 spiro atoms. The summed E-state index contributed by atoms with van der Waals surface area (Å²) in [6.07, 6.45) is -0.0350. The van der Waals surface area contributed by atoms with Gasteiger partial charge in [-0.3, -0.25) is 0 Å². The number of morpholine rings is 1. The zero-order chi connectivity index (χ0) is 11.6. The summed E-state index contributed by atoms with van der Waals surface area (Å²) in [7, 11) is -3.34. The molecule has 1 atom stereocenters. The number of benzene rings is 1. The lowest BCUT2D eigenvalue weighted by molar-refractivity contribution is 0.0102. The van der Waals surface area contributed by atoms with Gasteiger partial charge in [-0.05, 0) is 19.1 Å². The predicted octanol–water partition coefficient (Wildman–Crippen LogP) is 1.10. The second-order valence-electron chi connectivity index (χ2n) is 3.86. The summed E-state index contributed by atoms with van der Waals surface area (Å²) in [5.41, 5.74) is 0. The summed E-state index contributed by atoms with van der Waals surface area (Å²) in [4.78, 5) is 0.351. The van der Waals surface area contributed by atoms with Gasteiger partial charge in [-0.2, -0.15) is 4.31 Å². The van der Waals surface area contributed by atoms with Gasteiger partial charge >= 0.3 is 0 Å². The number of ether oxygens (including phenoxy) is 1. The Bertz CT molecular complexity index is 444. The number of nitrogens with zero attached hydrogens (tertiary/aromatic N) is 1. The van der Waals surface area contributed by atoms with E-state index < -0.39 is 10.0 Å². The second-order valence-corrected chi connectivity index (χ2v) is 5.80. The molecular formula is C11H15NO3S. The van der Waals surface area contributed by atoms with Gasteiger partial charge in [0.25, 0.3) is 0 Å². The Hall–Kier alpha value is -0.910. The quantitative estimate of drug-likeness (QED) is 0.779. The summed E-state index contributed by atoms with van der Waals surface area (Å²) in [6.45, 7) is 3.21. The molecule has 1 aromatic rings. The normalized spacial score (nSPS) is 23.2. The largest absolute Gasteiger partial charge is 0.376 e. The molecule has 88 valence electrons. The number of sulfonamides is 1. The SMILES string of the molecule is CC1CN(S(=O)(=O)c2ccccc2)CCO1. The van der Waals surface area contributed by atoms with Crippen molar-refractivity contribution in [1.29, 1.82) is 0 Å². The van der Waals surface area contributed by atoms with Gasteiger partial charge in [0.15, 0.2) is 0 Å². The highest BCUT2D eigenvalue weighted by Gasteiger charge is 2.28. The fourth-order valence-corrected chi connectivity index (χ4v) is 3.27. The zero-order valence-corrected chi connectivity index (χ0v) is 9.98. The van der Waals surface area contributed by atoms with Crippen LogP contribution in [0.2, 0.25) is 0 Å². The molecule has 1 fully saturated rings. The number of hydrogen-bond donors (Lipinski definition) is 0. The predicted molar refractivity (Wildman–Crippen MR) is 60.6 cm³/mol. The topological polar surface area (TPSA) is 46.6 Å². The van der Waals surface area contributed by atoms with Crippen molar-refractivity contribution in [2.24, 2.45) is 0 Å². The van der Waals surface area contributed by atoms with Crippen LogP contribution in [0.1, 0.15) is 6.92 Å². The van der Waals surface area contributed by atoms with Crippen molar-refractivity contribution in [3.8, 4) is 0 Å². The van der Waals surface area contributed by atoms with Crippen LogP contribution in [-0.2, 0) is 14.8 Å². The first-order chi connectivity index (χ1) is 7.60. The fraction of sp³-hybridized carbons (Fsp3) is 0.455. The third kappa shape index (κ3) is 2.26. The molecule has 0 aromatic heterocycles. The Labute approximate surface area is 95.9 Å². The monoisotopic (exact) mass is 241 g/mol. The lowest BCUT2D eigenvalue weighted by Crippen LogP contribution is -2.44. The van der Waals surface area contributed by atoms with E-state index in [-0.39, 0.29) is 6.10 Å². The van der Waals surface area contributed by atoms with E-state index in [0.717, 1.165) is 0 Å². The van der Waals surface area contributed by atoms with E-state index in [1.807, 2.05) is 6.92 Å². The van der Waals surface area contributed by atoms with E-state index in [0.29, 0.717) is 24.6 Å². The zero-order valence-electron chi connectivity index (χ0n) is 9.17. The van der Waals surface area contributed by atoms with Gasteiger partial charge in [-0.25, -0.2) is 8.42 Å². The summed E-state index contributed by atoms with van der Waals surface area (Å²) in [5.74, 6) is 0. The van der Waals surface area contributed by atoms with Crippen LogP contribution >= 0.6 is 0 Å². The van der Waals surface area contributed by atoms with Crippen molar-refractivity contribution in [3.05, 3.63) is 30.3 Å². The summed E-state index contributed by atoms with van der Waals surface area (Å²) >= 11 is 0. The molecule has 0 saturated carbocycles. The highest BCUT2D eigenvalue weighted by atomic mass is 32.2. The van der Waals surface area contributed by atoms with E-state index in [1.165, 1.54) is 4.31 Å². The van der Waals surface area contributed by atoms with Crippen molar-refractivity contribution >= 4 is 10.0 Å². The Morgan fingerprint density at radius 2 is 2.00 bits per heavy atom. The van der Waals surface area contributed by atoms with Gasteiger partial charge in [0.1, 0.15) is 0 Å². The van der Waals surface area contributed by atoms with Gasteiger partial charge in [-0.15, -0.1) is 0 Å². The molecule has 16 heavy (non-hydrogen) atoms. The average Bonchev–Trinajstić information content (AvgIpc) is 2.30. The van der Waals surface area contributed by atoms with Crippen LogP contribution in [-0.4, -0.2) is 38.5 Å². The standard InChI is InChI=1S/C11H15NO3S/c1-10-9-12(7-8-15-10)16(13,14)11-5-3-2-4-6-11/h2-6,10H,7-9H2,1H3. The second kappa shape index (κ2) is 4.53. The van der Waals surface area contributed by atoms with Crippen LogP contribution in [0.25, 0.3) is 0 Å². The molecule has 5 heteroatoms. The van der Waals surface area contributed by atoms with Crippen LogP contribution < -0.4 is 0 Å². The molecule has 0 N–H and O–H groups in total. The van der Waals surface area contributed by atoms with E-state index in [1.54, 1.807) is 30.3 Å². The molecule has 0 bridgehead atoms. The van der Waals surface area contributed by atoms with Crippen LogP contribution in [0.4, 0.5) is 0 Å². The molecular weight excluding hydrogens is 226 g/mol. The van der Waals surface area contributed by atoms with Crippen LogP contribution in [0.3, 0.4) is 0 Å². The molecule has 1 aliphatic rings. The van der Waals surface area contributed by atoms with Crippen molar-refractivity contribution in [2.45, 2.75) is 17.9 Å². The van der Waals surface area contributed by atoms with Crippen LogP contribution in [0.5, 0.6) is 0 Å². The van der Waals surface area contributed by atoms with E-state index in [2.05, 4.69) is 0 Å². The van der Waals surface area contributed by atoms with Crippen LogP contribution in [0, 0.1) is 0 Å². The highest BCUT2D eigenvalue weighted by Crippen LogP contribution is 2.17. The third-order valence-electron chi connectivity index (χ3n) is 2.58. The molecule has 0 amide bonds. The first kappa shape index (κ1) is 11.6. The molecule has 0 aliphatic carbocycles. The molecule has 1 aliphatic heterocycles. The van der Waals surface area contributed by atoms with E-state index >= 15 is 0 Å². The molecule has 0 radical (unpaired) electrons. The third-order valence-corrected chi connectivity index (χ3v) is 4.46. The molecule has 1 heterocycles. The molecule has 2 rings (SSSR count). The maximum atomic E-state index is 12.2. The first-order valence-corrected chi connectivity index (χ1v) is 6.71. The Balaban J connectivity index is 2.26. The minimum absolute atomic E-state index is 0.0350. The minimum Gasteiger partial charge on any atom is -0.376 e. The maximum Gasteiger partial charge on any atom is 0.243 e. The Kier molecular flexibility index (Phi) is 3.28. The summed E-state index contributed by atoms with van der Waals surface area (Å²) in [5, 5.41) is 0. The maximum absolute atomic E-state index is 12.2. The highest BCUT2D eigenvalue weighted by molar-refractivity contribution is 7.89. The molecule has 4 nitrogen and oxygen atoms in total. The van der Waals surface area contributed by atoms with E-state index in [9.17, 15) is 8.42 Å². The van der Waals surface area contributed by atoms with Gasteiger partial charge in [0.05, 0.1) is 17.6 Å². The smallest absolute Gasteiger partial charge is 0.243 e. The lowest BCUT2D eigenvalue weighted by Gasteiger charge is -2.30. The van der Waals surface area contributed by atoms with Crippen molar-refractivity contribution in [1.82, 2.24) is 4.31 Å². The fourth-order valence-electron chi connectivity index (χ4n) is 1.75. The van der Waals surface area contributed by atoms with Crippen molar-refractivity contribution in [3.63, 3.8) is 0 Å². The first-order valence-electron chi connectivity index (χ1n) is 5.27. The van der Waals surface area contributed by atoms with E-state index in [4.69, 9.17) is 4.74 Å². The average molecular weight is 241 g/mol. The van der Waals surface area contributed by atoms with Gasteiger partial charge in [0, 0.05) is 13.1 Å². The lowest BCUT2D eigenvalue weighted by atomic mass is 10.3. The number of rotatable bonds is 2. The van der Waals surface area contributed by atoms with Gasteiger partial charge < -0.3 is 4.74 Å². The molecule has 1 unspecified atom stereocenters. The minimum atomic E-state index is -3.34. The van der Waals surface area contributed by atoms with Crippen molar-refractivity contribution < 1.29 is 13.2 Å². The summed E-state index contributed by atoms with van der Waals surface area (Å²) < 4.78 is 31.2. The van der Waals surface area contributed by atoms with Gasteiger partial charge in [-0.1, -0.05) is 18.2 Å². The molecule has 1 saturated heterocycles. The van der Waals surface area contributed by atoms with Gasteiger partial charge in [0.2, 0.25) is 10.0 Å². The van der Waals surface area contributed by atoms with Crippen LogP contribution in [0.15, 0.2) is 35.2 Å². The summed E-state index contributed by atoms with van der Waals surface area (Å²) in [6, 6.07) is 8.51. The molecule has 1 aromatic carbocycles. The number of hydrogen-bond acceptors (Lipinski definition) is 3. The Morgan fingerprint density at radius 3 is 2.62 bits per heavy atom.